The highest BCUT2D eigenvalue weighted by molar-refractivity contribution is 7.07. The number of rotatable bonds is 8. The van der Waals surface area contributed by atoms with Gasteiger partial charge in [-0.15, -0.1) is 0 Å². The van der Waals surface area contributed by atoms with Crippen molar-refractivity contribution >= 4 is 34.2 Å². The first-order valence-corrected chi connectivity index (χ1v) is 13.9. The summed E-state index contributed by atoms with van der Waals surface area (Å²) in [4.78, 5) is 33.0. The van der Waals surface area contributed by atoms with Gasteiger partial charge in [0, 0.05) is 5.56 Å². The zero-order valence-corrected chi connectivity index (χ0v) is 23.6. The van der Waals surface area contributed by atoms with Crippen LogP contribution in [0.25, 0.3) is 16.8 Å². The maximum Gasteiger partial charge on any atom is 0.338 e. The minimum Gasteiger partial charge on any atom is -0.504 e. The smallest absolute Gasteiger partial charge is 0.338 e. The van der Waals surface area contributed by atoms with Crippen LogP contribution in [0, 0.1) is 0 Å². The zero-order valence-electron chi connectivity index (χ0n) is 22.8. The number of carbonyl (C=O) groups is 1. The van der Waals surface area contributed by atoms with Gasteiger partial charge in [-0.2, -0.15) is 0 Å². The third-order valence-corrected chi connectivity index (χ3v) is 7.80. The quantitative estimate of drug-likeness (QED) is 0.321. The lowest BCUT2D eigenvalue weighted by atomic mass is 9.90. The molecule has 0 bridgehead atoms. The molecule has 1 atom stereocenters. The number of aromatic hydroxyl groups is 1. The van der Waals surface area contributed by atoms with Gasteiger partial charge in [0.05, 0.1) is 36.6 Å². The highest BCUT2D eigenvalue weighted by atomic mass is 32.1. The molecule has 1 aliphatic rings. The molecule has 0 spiro atoms. The summed E-state index contributed by atoms with van der Waals surface area (Å²) in [5, 5.41) is 11.8. The fraction of sp³-hybridized carbons (Fsp3) is 0.258. The van der Waals surface area contributed by atoms with Crippen LogP contribution in [0.4, 0.5) is 0 Å². The number of hydrogen-bond acceptors (Lipinski definition) is 8. The van der Waals surface area contributed by atoms with Gasteiger partial charge in [0.2, 0.25) is 0 Å². The standard InChI is InChI=1S/C31H30N2O6S/c1-5-9-21-27(30(36)39-6-2)28(26-20-11-8-7-10-19(20)13-15-23(26)37-3)33-29(35)25(40-31(33)32-21)17-18-12-14-22(34)24(16-18)38-4/h7-8,10-17,28,34H,5-6,9H2,1-4H3/t28-/m0/s1. The van der Waals surface area contributed by atoms with Crippen LogP contribution in [0.15, 0.2) is 75.7 Å². The largest absolute Gasteiger partial charge is 0.504 e. The van der Waals surface area contributed by atoms with E-state index in [-0.39, 0.29) is 17.9 Å². The monoisotopic (exact) mass is 558 g/mol. The Labute approximate surface area is 235 Å². The molecule has 0 radical (unpaired) electrons. The Kier molecular flexibility index (Phi) is 7.75. The molecular formula is C31H30N2O6S. The van der Waals surface area contributed by atoms with Crippen molar-refractivity contribution in [1.82, 2.24) is 4.57 Å². The molecule has 40 heavy (non-hydrogen) atoms. The molecule has 3 aromatic carbocycles. The number of hydrogen-bond donors (Lipinski definition) is 1. The maximum atomic E-state index is 14.1. The Balaban J connectivity index is 1.86. The fourth-order valence-electron chi connectivity index (χ4n) is 5.07. The number of ether oxygens (including phenoxy) is 3. The van der Waals surface area contributed by atoms with E-state index in [1.54, 1.807) is 36.8 Å². The predicted molar refractivity (Wildman–Crippen MR) is 155 cm³/mol. The van der Waals surface area contributed by atoms with Crippen molar-refractivity contribution in [2.45, 2.75) is 32.7 Å². The molecule has 0 aliphatic carbocycles. The van der Waals surface area contributed by atoms with E-state index in [0.29, 0.717) is 49.7 Å². The number of thiazole rings is 1. The molecule has 0 saturated heterocycles. The third-order valence-electron chi connectivity index (χ3n) is 6.82. The van der Waals surface area contributed by atoms with Crippen LogP contribution in [0.5, 0.6) is 17.2 Å². The molecule has 9 heteroatoms. The van der Waals surface area contributed by atoms with Crippen molar-refractivity contribution in [3.8, 4) is 17.2 Å². The topological polar surface area (TPSA) is 99.4 Å². The number of methoxy groups -OCH3 is 2. The lowest BCUT2D eigenvalue weighted by molar-refractivity contribution is -0.139. The van der Waals surface area contributed by atoms with Gasteiger partial charge in [-0.1, -0.05) is 61.1 Å². The van der Waals surface area contributed by atoms with E-state index < -0.39 is 12.0 Å². The first-order chi connectivity index (χ1) is 19.4. The fourth-order valence-corrected chi connectivity index (χ4v) is 6.08. The van der Waals surface area contributed by atoms with Crippen LogP contribution in [0.3, 0.4) is 0 Å². The number of aromatic nitrogens is 1. The van der Waals surface area contributed by atoms with Gasteiger partial charge in [0.1, 0.15) is 11.8 Å². The summed E-state index contributed by atoms with van der Waals surface area (Å²) >= 11 is 1.25. The van der Waals surface area contributed by atoms with Gasteiger partial charge in [0.25, 0.3) is 5.56 Å². The molecule has 0 unspecified atom stereocenters. The molecule has 0 amide bonds. The number of benzene rings is 3. The summed E-state index contributed by atoms with van der Waals surface area (Å²) < 4.78 is 18.6. The average molecular weight is 559 g/mol. The summed E-state index contributed by atoms with van der Waals surface area (Å²) in [6.07, 6.45) is 3.03. The van der Waals surface area contributed by atoms with Crippen molar-refractivity contribution in [1.29, 1.82) is 0 Å². The number of phenolic OH excluding ortho intramolecular Hbond substituents is 1. The minimum atomic E-state index is -0.811. The van der Waals surface area contributed by atoms with Gasteiger partial charge < -0.3 is 19.3 Å². The number of carbonyl (C=O) groups excluding carboxylic acids is 1. The summed E-state index contributed by atoms with van der Waals surface area (Å²) in [5.41, 5.74) is 2.01. The van der Waals surface area contributed by atoms with E-state index in [1.807, 2.05) is 43.3 Å². The van der Waals surface area contributed by atoms with Crippen LogP contribution in [-0.4, -0.2) is 36.5 Å². The van der Waals surface area contributed by atoms with Crippen LogP contribution in [-0.2, 0) is 9.53 Å². The van der Waals surface area contributed by atoms with Gasteiger partial charge in [-0.05, 0) is 54.0 Å². The molecule has 1 aromatic heterocycles. The van der Waals surface area contributed by atoms with Crippen molar-refractivity contribution in [2.24, 2.45) is 4.99 Å². The van der Waals surface area contributed by atoms with Crippen LogP contribution in [0.1, 0.15) is 43.9 Å². The second kappa shape index (κ2) is 11.4. The molecule has 0 saturated carbocycles. The minimum absolute atomic E-state index is 0.00689. The number of nitrogens with zero attached hydrogens (tertiary/aromatic N) is 2. The number of fused-ring (bicyclic) bond motifs is 2. The van der Waals surface area contributed by atoms with Crippen LogP contribution >= 0.6 is 11.3 Å². The lowest BCUT2D eigenvalue weighted by Crippen LogP contribution is -2.40. The molecule has 2 heterocycles. The maximum absolute atomic E-state index is 14.1. The van der Waals surface area contributed by atoms with Gasteiger partial charge >= 0.3 is 5.97 Å². The van der Waals surface area contributed by atoms with Crippen molar-refractivity contribution in [2.75, 3.05) is 20.8 Å². The van der Waals surface area contributed by atoms with Crippen LogP contribution < -0.4 is 24.4 Å². The van der Waals surface area contributed by atoms with Crippen molar-refractivity contribution in [3.05, 3.63) is 96.7 Å². The second-order valence-corrected chi connectivity index (χ2v) is 10.3. The highest BCUT2D eigenvalue weighted by Crippen LogP contribution is 2.41. The molecule has 0 fully saturated rings. The zero-order chi connectivity index (χ0) is 28.4. The summed E-state index contributed by atoms with van der Waals surface area (Å²) in [7, 11) is 3.05. The van der Waals surface area contributed by atoms with E-state index >= 15 is 0 Å². The highest BCUT2D eigenvalue weighted by Gasteiger charge is 2.37. The van der Waals surface area contributed by atoms with Gasteiger partial charge in [-0.3, -0.25) is 9.36 Å². The van der Waals surface area contributed by atoms with Gasteiger partial charge in [0.15, 0.2) is 16.3 Å². The normalized spacial score (nSPS) is 15.1. The Hall–Kier alpha value is -4.37. The van der Waals surface area contributed by atoms with Crippen molar-refractivity contribution < 1.29 is 24.1 Å². The number of phenols is 1. The molecule has 1 aliphatic heterocycles. The van der Waals surface area contributed by atoms with E-state index in [4.69, 9.17) is 19.2 Å². The number of allylic oxidation sites excluding steroid dienone is 1. The van der Waals surface area contributed by atoms with E-state index in [9.17, 15) is 14.7 Å². The predicted octanol–water partition coefficient (Wildman–Crippen LogP) is 4.45. The number of esters is 1. The van der Waals surface area contributed by atoms with Crippen molar-refractivity contribution in [3.63, 3.8) is 0 Å². The van der Waals surface area contributed by atoms with E-state index in [2.05, 4.69) is 0 Å². The molecule has 4 aromatic rings. The average Bonchev–Trinajstić information content (AvgIpc) is 3.27. The first-order valence-electron chi connectivity index (χ1n) is 13.1. The molecule has 206 valence electrons. The Morgan fingerprint density at radius 1 is 1.07 bits per heavy atom. The van der Waals surface area contributed by atoms with Gasteiger partial charge in [-0.25, -0.2) is 9.79 Å². The Bertz CT molecular complexity index is 1820. The summed E-state index contributed by atoms with van der Waals surface area (Å²) in [6, 6.07) is 15.7. The Morgan fingerprint density at radius 3 is 2.58 bits per heavy atom. The molecule has 1 N–H and O–H groups in total. The SMILES string of the molecule is CCCC1=C(C(=O)OCC)[C@H](c2c(OC)ccc3ccccc23)n2c(sc(=Cc3ccc(O)c(OC)c3)c2=O)=N1. The lowest BCUT2D eigenvalue weighted by Gasteiger charge is -2.28. The molecule has 5 rings (SSSR count). The van der Waals surface area contributed by atoms with E-state index in [1.165, 1.54) is 24.5 Å². The second-order valence-electron chi connectivity index (χ2n) is 9.25. The summed E-state index contributed by atoms with van der Waals surface area (Å²) in [5.74, 6) is 0.357. The third kappa shape index (κ3) is 4.77. The molecular weight excluding hydrogens is 528 g/mol. The first kappa shape index (κ1) is 27.2. The van der Waals surface area contributed by atoms with Crippen LogP contribution in [0.2, 0.25) is 0 Å². The van der Waals surface area contributed by atoms with E-state index in [0.717, 1.165) is 17.2 Å². The Morgan fingerprint density at radius 2 is 1.85 bits per heavy atom. The molecule has 8 nitrogen and oxygen atoms in total. The summed E-state index contributed by atoms with van der Waals surface area (Å²) in [6.45, 7) is 3.97.